The van der Waals surface area contributed by atoms with E-state index in [1.807, 2.05) is 19.1 Å². The highest BCUT2D eigenvalue weighted by atomic mass is 19.1. The fraction of sp³-hybridized carbons (Fsp3) is 0.423. The van der Waals surface area contributed by atoms with Crippen LogP contribution >= 0.6 is 0 Å². The monoisotopic (exact) mass is 404 g/mol. The molecule has 0 N–H and O–H groups in total. The summed E-state index contributed by atoms with van der Waals surface area (Å²) in [7, 11) is 0. The third-order valence-electron chi connectivity index (χ3n) is 6.82. The van der Waals surface area contributed by atoms with Crippen molar-refractivity contribution in [2.24, 2.45) is 5.92 Å². The average molecular weight is 405 g/mol. The molecule has 1 aromatic heterocycles. The number of piperidine rings is 1. The van der Waals surface area contributed by atoms with Gasteiger partial charge in [0, 0.05) is 42.2 Å². The fourth-order valence-corrected chi connectivity index (χ4v) is 5.43. The highest BCUT2D eigenvalue weighted by Crippen LogP contribution is 2.39. The number of fused-ring (bicyclic) bond motifs is 2. The Hall–Kier alpha value is -2.46. The smallest absolute Gasteiger partial charge is 0.149 e. The topological polar surface area (TPSA) is 25.4 Å². The molecule has 0 radical (unpaired) electrons. The minimum absolute atomic E-state index is 0.176. The number of pyridine rings is 1. The second kappa shape index (κ2) is 8.35. The van der Waals surface area contributed by atoms with E-state index < -0.39 is 0 Å². The number of ether oxygens (including phenoxy) is 1. The van der Waals surface area contributed by atoms with Gasteiger partial charge < -0.3 is 4.74 Å². The maximum absolute atomic E-state index is 14.3. The lowest BCUT2D eigenvalue weighted by atomic mass is 9.76. The lowest BCUT2D eigenvalue weighted by molar-refractivity contribution is -0.0267. The van der Waals surface area contributed by atoms with Gasteiger partial charge in [0.05, 0.1) is 0 Å². The maximum atomic E-state index is 14.3. The zero-order valence-corrected chi connectivity index (χ0v) is 17.6. The molecule has 2 fully saturated rings. The average Bonchev–Trinajstić information content (AvgIpc) is 2.77. The van der Waals surface area contributed by atoms with Gasteiger partial charge in [-0.25, -0.2) is 9.37 Å². The van der Waals surface area contributed by atoms with E-state index in [2.05, 4.69) is 40.2 Å². The van der Waals surface area contributed by atoms with Crippen molar-refractivity contribution in [2.45, 2.75) is 57.7 Å². The highest BCUT2D eigenvalue weighted by molar-refractivity contribution is 5.85. The van der Waals surface area contributed by atoms with Crippen molar-refractivity contribution < 1.29 is 9.13 Å². The first-order valence-corrected chi connectivity index (χ1v) is 11.2. The fourth-order valence-electron chi connectivity index (χ4n) is 5.43. The summed E-state index contributed by atoms with van der Waals surface area (Å²) < 4.78 is 21.0. The SMILES string of the molecule is Cc1cc(OC2CCN(Cc3ccccc3)C3CCCCC23)c2cccc(F)c2n1. The Labute approximate surface area is 177 Å². The van der Waals surface area contributed by atoms with E-state index in [1.54, 1.807) is 6.07 Å². The standard InChI is InChI=1S/C26H29FN2O/c1-18-16-25(21-11-7-12-22(27)26(21)28-18)30-24-14-15-29(17-19-8-3-2-4-9-19)23-13-6-5-10-20(23)24/h2-4,7-9,11-12,16,20,23-24H,5-6,10,13-15,17H2,1H3. The Kier molecular flexibility index (Phi) is 5.43. The van der Waals surface area contributed by atoms with Crippen molar-refractivity contribution in [3.05, 3.63) is 71.7 Å². The van der Waals surface area contributed by atoms with Crippen LogP contribution in [0.25, 0.3) is 10.9 Å². The van der Waals surface area contributed by atoms with Crippen molar-refractivity contribution in [3.8, 4) is 5.75 Å². The largest absolute Gasteiger partial charge is 0.489 e. The molecule has 0 spiro atoms. The van der Waals surface area contributed by atoms with Crippen LogP contribution < -0.4 is 4.74 Å². The molecule has 2 aromatic carbocycles. The molecule has 1 saturated heterocycles. The molecule has 1 aliphatic carbocycles. The van der Waals surface area contributed by atoms with E-state index in [4.69, 9.17) is 4.74 Å². The van der Waals surface area contributed by atoms with Crippen LogP contribution in [0.1, 0.15) is 43.4 Å². The Balaban J connectivity index is 1.40. The molecule has 1 aliphatic heterocycles. The van der Waals surface area contributed by atoms with Gasteiger partial charge in [-0.2, -0.15) is 0 Å². The van der Waals surface area contributed by atoms with E-state index in [-0.39, 0.29) is 11.9 Å². The number of halogens is 1. The summed E-state index contributed by atoms with van der Waals surface area (Å²) in [5, 5.41) is 0.777. The zero-order chi connectivity index (χ0) is 20.5. The van der Waals surface area contributed by atoms with Gasteiger partial charge >= 0.3 is 0 Å². The number of likely N-dealkylation sites (tertiary alicyclic amines) is 1. The summed E-state index contributed by atoms with van der Waals surface area (Å²) in [5.74, 6) is 1.02. The Morgan fingerprint density at radius 3 is 2.73 bits per heavy atom. The minimum Gasteiger partial charge on any atom is -0.489 e. The molecule has 2 aliphatic rings. The molecule has 2 heterocycles. The van der Waals surface area contributed by atoms with Gasteiger partial charge in [-0.05, 0) is 43.9 Å². The van der Waals surface area contributed by atoms with Crippen LogP contribution in [-0.4, -0.2) is 28.6 Å². The first kappa shape index (κ1) is 19.5. The molecular weight excluding hydrogens is 375 g/mol. The van der Waals surface area contributed by atoms with Crippen LogP contribution in [-0.2, 0) is 6.54 Å². The van der Waals surface area contributed by atoms with E-state index in [1.165, 1.54) is 37.3 Å². The predicted molar refractivity (Wildman–Crippen MR) is 118 cm³/mol. The van der Waals surface area contributed by atoms with Crippen molar-refractivity contribution in [2.75, 3.05) is 6.54 Å². The molecule has 3 nitrogen and oxygen atoms in total. The van der Waals surface area contributed by atoms with Crippen LogP contribution in [0.2, 0.25) is 0 Å². The van der Waals surface area contributed by atoms with Crippen molar-refractivity contribution >= 4 is 10.9 Å². The lowest BCUT2D eigenvalue weighted by Crippen LogP contribution is -2.53. The van der Waals surface area contributed by atoms with E-state index in [9.17, 15) is 4.39 Å². The van der Waals surface area contributed by atoms with E-state index in [0.29, 0.717) is 17.5 Å². The molecule has 156 valence electrons. The number of benzene rings is 2. The lowest BCUT2D eigenvalue weighted by Gasteiger charge is -2.48. The number of aryl methyl sites for hydroxylation is 1. The Morgan fingerprint density at radius 1 is 1.03 bits per heavy atom. The summed E-state index contributed by atoms with van der Waals surface area (Å²) in [5.41, 5.74) is 2.59. The van der Waals surface area contributed by atoms with E-state index >= 15 is 0 Å². The molecule has 0 bridgehead atoms. The van der Waals surface area contributed by atoms with Crippen molar-refractivity contribution in [1.82, 2.24) is 9.88 Å². The maximum Gasteiger partial charge on any atom is 0.149 e. The van der Waals surface area contributed by atoms with Gasteiger partial charge in [-0.3, -0.25) is 4.90 Å². The number of rotatable bonds is 4. The second-order valence-electron chi connectivity index (χ2n) is 8.81. The molecule has 30 heavy (non-hydrogen) atoms. The normalized spacial score (nSPS) is 24.5. The van der Waals surface area contributed by atoms with Crippen LogP contribution in [0.15, 0.2) is 54.6 Å². The molecule has 3 unspecified atom stereocenters. The van der Waals surface area contributed by atoms with Gasteiger partial charge in [-0.15, -0.1) is 0 Å². The second-order valence-corrected chi connectivity index (χ2v) is 8.81. The molecule has 3 aromatic rings. The molecule has 1 saturated carbocycles. The molecule has 4 heteroatoms. The van der Waals surface area contributed by atoms with Gasteiger partial charge in [0.25, 0.3) is 0 Å². The van der Waals surface area contributed by atoms with Gasteiger partial charge in [0.15, 0.2) is 0 Å². The van der Waals surface area contributed by atoms with Crippen LogP contribution in [0, 0.1) is 18.7 Å². The first-order chi connectivity index (χ1) is 14.7. The Morgan fingerprint density at radius 2 is 1.87 bits per heavy atom. The minimum atomic E-state index is -0.283. The third-order valence-corrected chi connectivity index (χ3v) is 6.82. The number of hydrogen-bond donors (Lipinski definition) is 0. The molecule has 5 rings (SSSR count). The molecule has 3 atom stereocenters. The number of nitrogens with zero attached hydrogens (tertiary/aromatic N) is 2. The van der Waals surface area contributed by atoms with Crippen molar-refractivity contribution in [1.29, 1.82) is 0 Å². The summed E-state index contributed by atoms with van der Waals surface area (Å²) in [6.45, 7) is 3.96. The predicted octanol–water partition coefficient (Wildman–Crippen LogP) is 5.89. The quantitative estimate of drug-likeness (QED) is 0.542. The summed E-state index contributed by atoms with van der Waals surface area (Å²) >= 11 is 0. The number of para-hydroxylation sites is 1. The molecular formula is C26H29FN2O. The third kappa shape index (κ3) is 3.81. The Bertz CT molecular complexity index is 1020. The van der Waals surface area contributed by atoms with Crippen molar-refractivity contribution in [3.63, 3.8) is 0 Å². The summed E-state index contributed by atoms with van der Waals surface area (Å²) in [4.78, 5) is 7.07. The van der Waals surface area contributed by atoms with Crippen LogP contribution in [0.4, 0.5) is 4.39 Å². The number of aromatic nitrogens is 1. The highest BCUT2D eigenvalue weighted by Gasteiger charge is 2.40. The first-order valence-electron chi connectivity index (χ1n) is 11.2. The summed E-state index contributed by atoms with van der Waals surface area (Å²) in [6, 6.07) is 18.4. The van der Waals surface area contributed by atoms with Crippen LogP contribution in [0.5, 0.6) is 5.75 Å². The van der Waals surface area contributed by atoms with Crippen LogP contribution in [0.3, 0.4) is 0 Å². The number of hydrogen-bond acceptors (Lipinski definition) is 3. The van der Waals surface area contributed by atoms with E-state index in [0.717, 1.165) is 36.3 Å². The van der Waals surface area contributed by atoms with Gasteiger partial charge in [0.1, 0.15) is 23.2 Å². The summed E-state index contributed by atoms with van der Waals surface area (Å²) in [6.07, 6.45) is 6.19. The van der Waals surface area contributed by atoms with Gasteiger partial charge in [-0.1, -0.05) is 49.2 Å². The zero-order valence-electron chi connectivity index (χ0n) is 17.6. The van der Waals surface area contributed by atoms with Gasteiger partial charge in [0.2, 0.25) is 0 Å². The molecule has 0 amide bonds.